The second kappa shape index (κ2) is 6.70. The number of hydrogen-bond donors (Lipinski definition) is 3. The molecule has 0 radical (unpaired) electrons. The van der Waals surface area contributed by atoms with E-state index in [4.69, 9.17) is 11.5 Å². The fourth-order valence-electron chi connectivity index (χ4n) is 2.75. The van der Waals surface area contributed by atoms with Crippen LogP contribution >= 0.6 is 0 Å². The minimum Gasteiger partial charge on any atom is -0.370 e. The van der Waals surface area contributed by atoms with Gasteiger partial charge < -0.3 is 16.8 Å². The van der Waals surface area contributed by atoms with Gasteiger partial charge in [-0.3, -0.25) is 4.98 Å². The Morgan fingerprint density at radius 2 is 1.95 bits per heavy atom. The van der Waals surface area contributed by atoms with Crippen molar-refractivity contribution < 1.29 is 0 Å². The Morgan fingerprint density at radius 3 is 2.68 bits per heavy atom. The molecule has 0 amide bonds. The number of nitrogens with zero attached hydrogens (tertiary/aromatic N) is 3. The summed E-state index contributed by atoms with van der Waals surface area (Å²) in [5.74, 6) is 1.56. The summed E-state index contributed by atoms with van der Waals surface area (Å²) < 4.78 is 0. The Bertz CT molecular complexity index is 609. The molecule has 0 unspecified atom stereocenters. The summed E-state index contributed by atoms with van der Waals surface area (Å²) in [4.78, 5) is 12.6. The van der Waals surface area contributed by atoms with Crippen LogP contribution in [0.3, 0.4) is 0 Å². The van der Waals surface area contributed by atoms with E-state index in [1.54, 1.807) is 0 Å². The Hall–Kier alpha value is -2.21. The van der Waals surface area contributed by atoms with E-state index in [9.17, 15) is 0 Å². The normalized spacial score (nSPS) is 20.4. The van der Waals surface area contributed by atoms with E-state index >= 15 is 0 Å². The van der Waals surface area contributed by atoms with Crippen LogP contribution in [0.4, 0.5) is 11.8 Å². The van der Waals surface area contributed by atoms with Crippen LogP contribution in [0, 0.1) is 0 Å². The minimum absolute atomic E-state index is 0.304. The molecule has 2 aromatic rings. The zero-order chi connectivity index (χ0) is 15.4. The van der Waals surface area contributed by atoms with Crippen LogP contribution in [0.1, 0.15) is 36.4 Å². The standard InChI is InChI=1S/C16H22N6/c17-13-8-12(9-13)14-10-15(22-16(18)21-14)20-5-1-2-11-3-6-19-7-4-11/h3-4,6-7,10,12-13H,1-2,5,8-9,17H2,(H3,18,20,21,22). The summed E-state index contributed by atoms with van der Waals surface area (Å²) in [6, 6.07) is 6.39. The van der Waals surface area contributed by atoms with Crippen LogP contribution < -0.4 is 16.8 Å². The highest BCUT2D eigenvalue weighted by Crippen LogP contribution is 2.35. The van der Waals surface area contributed by atoms with Gasteiger partial charge in [-0.05, 0) is 43.4 Å². The van der Waals surface area contributed by atoms with E-state index < -0.39 is 0 Å². The highest BCUT2D eigenvalue weighted by molar-refractivity contribution is 5.42. The van der Waals surface area contributed by atoms with Gasteiger partial charge in [-0.15, -0.1) is 0 Å². The fourth-order valence-corrected chi connectivity index (χ4v) is 2.75. The number of pyridine rings is 1. The number of hydrogen-bond acceptors (Lipinski definition) is 6. The second-order valence-electron chi connectivity index (χ2n) is 5.85. The molecular weight excluding hydrogens is 276 g/mol. The van der Waals surface area contributed by atoms with Crippen LogP contribution in [0.15, 0.2) is 30.6 Å². The third-order valence-corrected chi connectivity index (χ3v) is 4.05. The monoisotopic (exact) mass is 298 g/mol. The molecule has 1 aliphatic rings. The first-order valence-electron chi connectivity index (χ1n) is 7.73. The first-order chi connectivity index (χ1) is 10.7. The molecular formula is C16H22N6. The first kappa shape index (κ1) is 14.7. The van der Waals surface area contributed by atoms with E-state index in [1.807, 2.05) is 30.6 Å². The van der Waals surface area contributed by atoms with Gasteiger partial charge in [0.1, 0.15) is 5.82 Å². The van der Waals surface area contributed by atoms with E-state index in [-0.39, 0.29) is 0 Å². The SMILES string of the molecule is Nc1nc(NCCCc2ccncc2)cc(C2CC(N)C2)n1. The highest BCUT2D eigenvalue weighted by Gasteiger charge is 2.28. The van der Waals surface area contributed by atoms with Crippen LogP contribution in [-0.2, 0) is 6.42 Å². The highest BCUT2D eigenvalue weighted by atomic mass is 15.1. The number of anilines is 2. The zero-order valence-corrected chi connectivity index (χ0v) is 12.6. The van der Waals surface area contributed by atoms with Crippen LogP contribution in [-0.4, -0.2) is 27.5 Å². The van der Waals surface area contributed by atoms with Crippen molar-refractivity contribution in [1.82, 2.24) is 15.0 Å². The number of rotatable bonds is 6. The predicted octanol–water partition coefficient (Wildman–Crippen LogP) is 1.70. The third-order valence-electron chi connectivity index (χ3n) is 4.05. The summed E-state index contributed by atoms with van der Waals surface area (Å²) >= 11 is 0. The number of nitrogens with two attached hydrogens (primary N) is 2. The molecule has 3 rings (SSSR count). The maximum atomic E-state index is 5.84. The largest absolute Gasteiger partial charge is 0.370 e. The van der Waals surface area contributed by atoms with Crippen molar-refractivity contribution >= 4 is 11.8 Å². The first-order valence-corrected chi connectivity index (χ1v) is 7.73. The molecule has 0 saturated heterocycles. The molecule has 2 aromatic heterocycles. The van der Waals surface area contributed by atoms with Gasteiger partial charge in [0.25, 0.3) is 0 Å². The van der Waals surface area contributed by atoms with Crippen LogP contribution in [0.5, 0.6) is 0 Å². The molecule has 2 heterocycles. The Morgan fingerprint density at radius 1 is 1.18 bits per heavy atom. The van der Waals surface area contributed by atoms with Crippen molar-refractivity contribution in [3.8, 4) is 0 Å². The molecule has 0 spiro atoms. The van der Waals surface area contributed by atoms with Crippen LogP contribution in [0.2, 0.25) is 0 Å². The molecule has 22 heavy (non-hydrogen) atoms. The number of nitrogen functional groups attached to an aromatic ring is 1. The smallest absolute Gasteiger partial charge is 0.222 e. The molecule has 0 aromatic carbocycles. The third kappa shape index (κ3) is 3.71. The van der Waals surface area contributed by atoms with E-state index in [0.717, 1.165) is 43.7 Å². The van der Waals surface area contributed by atoms with Crippen molar-refractivity contribution in [3.63, 3.8) is 0 Å². The number of aryl methyl sites for hydroxylation is 1. The average Bonchev–Trinajstić information content (AvgIpc) is 2.49. The molecule has 0 atom stereocenters. The lowest BCUT2D eigenvalue weighted by atomic mass is 9.78. The van der Waals surface area contributed by atoms with Crippen molar-refractivity contribution in [2.24, 2.45) is 5.73 Å². The number of nitrogens with one attached hydrogen (secondary N) is 1. The Balaban J connectivity index is 1.52. The molecule has 1 aliphatic carbocycles. The van der Waals surface area contributed by atoms with Gasteiger partial charge in [-0.1, -0.05) is 0 Å². The van der Waals surface area contributed by atoms with E-state index in [2.05, 4.69) is 20.3 Å². The minimum atomic E-state index is 0.304. The summed E-state index contributed by atoms with van der Waals surface area (Å²) in [5.41, 5.74) is 13.9. The van der Waals surface area contributed by atoms with Gasteiger partial charge in [-0.25, -0.2) is 4.98 Å². The summed E-state index contributed by atoms with van der Waals surface area (Å²) in [6.45, 7) is 0.850. The summed E-state index contributed by atoms with van der Waals surface area (Å²) in [7, 11) is 0. The summed E-state index contributed by atoms with van der Waals surface area (Å²) in [6.07, 6.45) is 7.65. The van der Waals surface area contributed by atoms with Crippen molar-refractivity contribution in [2.75, 3.05) is 17.6 Å². The Kier molecular flexibility index (Phi) is 4.48. The average molecular weight is 298 g/mol. The van der Waals surface area contributed by atoms with Crippen LogP contribution in [0.25, 0.3) is 0 Å². The lowest BCUT2D eigenvalue weighted by Crippen LogP contribution is -2.35. The molecule has 6 heteroatoms. The van der Waals surface area contributed by atoms with Gasteiger partial charge >= 0.3 is 0 Å². The predicted molar refractivity (Wildman–Crippen MR) is 87.4 cm³/mol. The molecule has 6 nitrogen and oxygen atoms in total. The lowest BCUT2D eigenvalue weighted by molar-refractivity contribution is 0.345. The maximum absolute atomic E-state index is 5.84. The van der Waals surface area contributed by atoms with Crippen molar-refractivity contribution in [1.29, 1.82) is 0 Å². The molecule has 1 fully saturated rings. The fraction of sp³-hybridized carbons (Fsp3) is 0.438. The van der Waals surface area contributed by atoms with Gasteiger partial charge in [0.15, 0.2) is 0 Å². The van der Waals surface area contributed by atoms with Gasteiger partial charge in [0.05, 0.1) is 5.69 Å². The van der Waals surface area contributed by atoms with Crippen molar-refractivity contribution in [3.05, 3.63) is 41.9 Å². The lowest BCUT2D eigenvalue weighted by Gasteiger charge is -2.32. The molecule has 1 saturated carbocycles. The zero-order valence-electron chi connectivity index (χ0n) is 12.6. The Labute approximate surface area is 130 Å². The van der Waals surface area contributed by atoms with Crippen molar-refractivity contribution in [2.45, 2.75) is 37.6 Å². The second-order valence-corrected chi connectivity index (χ2v) is 5.85. The molecule has 0 aliphatic heterocycles. The van der Waals surface area contributed by atoms with E-state index in [0.29, 0.717) is 17.9 Å². The molecule has 116 valence electrons. The molecule has 0 bridgehead atoms. The molecule has 5 N–H and O–H groups in total. The van der Waals surface area contributed by atoms with Gasteiger partial charge in [-0.2, -0.15) is 4.98 Å². The quantitative estimate of drug-likeness (QED) is 0.701. The summed E-state index contributed by atoms with van der Waals surface area (Å²) in [5, 5.41) is 3.33. The number of aromatic nitrogens is 3. The topological polar surface area (TPSA) is 103 Å². The van der Waals surface area contributed by atoms with Gasteiger partial charge in [0.2, 0.25) is 5.95 Å². The van der Waals surface area contributed by atoms with E-state index in [1.165, 1.54) is 5.56 Å². The maximum Gasteiger partial charge on any atom is 0.222 e. The van der Waals surface area contributed by atoms with Gasteiger partial charge in [0, 0.05) is 37.0 Å².